The third kappa shape index (κ3) is 4.11. The summed E-state index contributed by atoms with van der Waals surface area (Å²) >= 11 is 0. The van der Waals surface area contributed by atoms with Gasteiger partial charge in [0.15, 0.2) is 17.3 Å². The first kappa shape index (κ1) is 21.6. The molecule has 1 aromatic heterocycles. The molecule has 0 unspecified atom stereocenters. The number of fused-ring (bicyclic) bond motifs is 1. The third-order valence-electron chi connectivity index (χ3n) is 4.91. The van der Waals surface area contributed by atoms with E-state index in [2.05, 4.69) is 0 Å². The highest BCUT2D eigenvalue weighted by Gasteiger charge is 2.22. The van der Waals surface area contributed by atoms with Gasteiger partial charge in [-0.05, 0) is 42.5 Å². The molecule has 4 aromatic rings. The molecule has 0 aliphatic heterocycles. The molecule has 0 bridgehead atoms. The summed E-state index contributed by atoms with van der Waals surface area (Å²) in [6.07, 6.45) is 0. The summed E-state index contributed by atoms with van der Waals surface area (Å²) in [7, 11) is 2.96. The quantitative estimate of drug-likeness (QED) is 0.239. The van der Waals surface area contributed by atoms with Crippen molar-refractivity contribution < 1.29 is 28.3 Å². The van der Waals surface area contributed by atoms with Crippen LogP contribution in [-0.2, 0) is 0 Å². The lowest BCUT2D eigenvalue weighted by molar-refractivity contribution is -0.384. The minimum absolute atomic E-state index is 0.0231. The molecule has 0 saturated carbocycles. The Kier molecular flexibility index (Phi) is 5.77. The predicted molar refractivity (Wildman–Crippen MR) is 119 cm³/mol. The monoisotopic (exact) mass is 447 g/mol. The van der Waals surface area contributed by atoms with E-state index in [9.17, 15) is 19.7 Å². The van der Waals surface area contributed by atoms with Gasteiger partial charge in [-0.3, -0.25) is 14.9 Å². The van der Waals surface area contributed by atoms with E-state index >= 15 is 0 Å². The average Bonchev–Trinajstić information content (AvgIpc) is 2.85. The minimum atomic E-state index is -0.866. The molecule has 33 heavy (non-hydrogen) atoms. The number of carbonyl (C=O) groups is 1. The van der Waals surface area contributed by atoms with Crippen LogP contribution in [0.3, 0.4) is 0 Å². The van der Waals surface area contributed by atoms with Crippen LogP contribution in [0.5, 0.6) is 17.2 Å². The first-order chi connectivity index (χ1) is 15.9. The van der Waals surface area contributed by atoms with Crippen LogP contribution in [0.1, 0.15) is 10.4 Å². The number of esters is 1. The Balaban J connectivity index is 1.84. The number of methoxy groups -OCH3 is 2. The largest absolute Gasteiger partial charge is 0.493 e. The fraction of sp³-hybridized carbons (Fsp3) is 0.0833. The number of ether oxygens (including phenoxy) is 3. The van der Waals surface area contributed by atoms with Crippen molar-refractivity contribution in [1.82, 2.24) is 0 Å². The summed E-state index contributed by atoms with van der Waals surface area (Å²) in [5.41, 5.74) is 0.0375. The molecular weight excluding hydrogens is 430 g/mol. The number of hydrogen-bond acceptors (Lipinski definition) is 8. The number of carbonyl (C=O) groups excluding carboxylic acids is 1. The van der Waals surface area contributed by atoms with Crippen LogP contribution >= 0.6 is 0 Å². The van der Waals surface area contributed by atoms with Crippen molar-refractivity contribution in [2.75, 3.05) is 14.2 Å². The maximum atomic E-state index is 13.2. The van der Waals surface area contributed by atoms with E-state index in [-0.39, 0.29) is 28.1 Å². The van der Waals surface area contributed by atoms with Crippen LogP contribution in [0, 0.1) is 10.1 Å². The van der Waals surface area contributed by atoms with Crippen molar-refractivity contribution in [1.29, 1.82) is 0 Å². The summed E-state index contributed by atoms with van der Waals surface area (Å²) in [5.74, 6) is -0.305. The highest BCUT2D eigenvalue weighted by atomic mass is 16.6. The lowest BCUT2D eigenvalue weighted by Gasteiger charge is -2.13. The van der Waals surface area contributed by atoms with Gasteiger partial charge in [-0.25, -0.2) is 4.79 Å². The lowest BCUT2D eigenvalue weighted by atomic mass is 10.1. The molecule has 0 N–H and O–H groups in total. The van der Waals surface area contributed by atoms with Crippen molar-refractivity contribution >= 4 is 22.6 Å². The number of benzene rings is 3. The highest BCUT2D eigenvalue weighted by Crippen LogP contribution is 2.37. The van der Waals surface area contributed by atoms with Gasteiger partial charge in [0.1, 0.15) is 5.58 Å². The summed E-state index contributed by atoms with van der Waals surface area (Å²) in [6.45, 7) is 0. The Hall–Kier alpha value is -4.66. The molecule has 0 radical (unpaired) electrons. The second-order valence-corrected chi connectivity index (χ2v) is 6.85. The van der Waals surface area contributed by atoms with E-state index in [4.69, 9.17) is 18.6 Å². The molecule has 0 atom stereocenters. The zero-order chi connectivity index (χ0) is 23.5. The van der Waals surface area contributed by atoms with Crippen LogP contribution in [0.2, 0.25) is 0 Å². The molecule has 0 amide bonds. The molecule has 9 heteroatoms. The van der Waals surface area contributed by atoms with Crippen LogP contribution in [-0.4, -0.2) is 25.1 Å². The van der Waals surface area contributed by atoms with Gasteiger partial charge < -0.3 is 18.6 Å². The summed E-state index contributed by atoms with van der Waals surface area (Å²) in [6, 6.07) is 16.3. The van der Waals surface area contributed by atoms with Crippen molar-refractivity contribution in [2.24, 2.45) is 0 Å². The molecule has 3 aromatic carbocycles. The molecule has 166 valence electrons. The average molecular weight is 447 g/mol. The van der Waals surface area contributed by atoms with E-state index in [1.807, 2.05) is 0 Å². The zero-order valence-electron chi connectivity index (χ0n) is 17.6. The Morgan fingerprint density at radius 2 is 1.64 bits per heavy atom. The van der Waals surface area contributed by atoms with E-state index in [0.29, 0.717) is 22.6 Å². The van der Waals surface area contributed by atoms with Gasteiger partial charge >= 0.3 is 5.97 Å². The fourth-order valence-electron chi connectivity index (χ4n) is 3.26. The van der Waals surface area contributed by atoms with E-state index in [0.717, 1.165) is 0 Å². The number of non-ortho nitro benzene ring substituents is 1. The molecule has 1 heterocycles. The number of hydrogen-bond donors (Lipinski definition) is 0. The molecule has 4 rings (SSSR count). The van der Waals surface area contributed by atoms with E-state index in [1.54, 1.807) is 42.5 Å². The minimum Gasteiger partial charge on any atom is -0.493 e. The molecule has 0 aliphatic carbocycles. The van der Waals surface area contributed by atoms with E-state index < -0.39 is 16.3 Å². The normalized spacial score (nSPS) is 10.6. The van der Waals surface area contributed by atoms with Crippen molar-refractivity contribution in [3.63, 3.8) is 0 Å². The highest BCUT2D eigenvalue weighted by molar-refractivity contribution is 5.93. The molecule has 9 nitrogen and oxygen atoms in total. The second kappa shape index (κ2) is 8.83. The van der Waals surface area contributed by atoms with Gasteiger partial charge in [-0.2, -0.15) is 0 Å². The van der Waals surface area contributed by atoms with Crippen LogP contribution in [0.25, 0.3) is 22.3 Å². The van der Waals surface area contributed by atoms with Gasteiger partial charge in [0.2, 0.25) is 11.2 Å². The standard InChI is InChI=1S/C24H17NO8/c1-30-19-12-9-15(13-20(19)31-2)22-23(21(26)17-5-3-4-6-18(17)32-22)33-24(27)14-7-10-16(11-8-14)25(28)29/h3-13H,1-2H3. The van der Waals surface area contributed by atoms with Gasteiger partial charge in [0.25, 0.3) is 5.69 Å². The number of rotatable bonds is 6. The van der Waals surface area contributed by atoms with Crippen LogP contribution < -0.4 is 19.6 Å². The topological polar surface area (TPSA) is 118 Å². The first-order valence-electron chi connectivity index (χ1n) is 9.67. The molecule has 0 spiro atoms. The first-order valence-corrected chi connectivity index (χ1v) is 9.67. The predicted octanol–water partition coefficient (Wildman–Crippen LogP) is 4.60. The zero-order valence-corrected chi connectivity index (χ0v) is 17.6. The molecular formula is C24H17NO8. The fourth-order valence-corrected chi connectivity index (χ4v) is 3.26. The van der Waals surface area contributed by atoms with Gasteiger partial charge in [0.05, 0.1) is 30.1 Å². The maximum Gasteiger partial charge on any atom is 0.343 e. The third-order valence-corrected chi connectivity index (χ3v) is 4.91. The Labute approximate surface area is 186 Å². The van der Waals surface area contributed by atoms with Crippen molar-refractivity contribution in [2.45, 2.75) is 0 Å². The summed E-state index contributed by atoms with van der Waals surface area (Å²) in [5, 5.41) is 11.1. The maximum absolute atomic E-state index is 13.2. The number of nitro benzene ring substituents is 1. The Morgan fingerprint density at radius 3 is 2.30 bits per heavy atom. The van der Waals surface area contributed by atoms with E-state index in [1.165, 1.54) is 38.5 Å². The number of nitro groups is 1. The van der Waals surface area contributed by atoms with Crippen molar-refractivity contribution in [3.05, 3.63) is 92.6 Å². The van der Waals surface area contributed by atoms with Crippen molar-refractivity contribution in [3.8, 4) is 28.6 Å². The Bertz CT molecular complexity index is 1420. The van der Waals surface area contributed by atoms with Gasteiger partial charge in [-0.1, -0.05) is 12.1 Å². The number of nitrogens with zero attached hydrogens (tertiary/aromatic N) is 1. The lowest BCUT2D eigenvalue weighted by Crippen LogP contribution is -2.16. The van der Waals surface area contributed by atoms with Gasteiger partial charge in [0, 0.05) is 17.7 Å². The summed E-state index contributed by atoms with van der Waals surface area (Å²) < 4.78 is 22.0. The SMILES string of the molecule is COc1ccc(-c2oc3ccccc3c(=O)c2OC(=O)c2ccc([N+](=O)[O-])cc2)cc1OC. The van der Waals surface area contributed by atoms with Crippen LogP contribution in [0.4, 0.5) is 5.69 Å². The smallest absolute Gasteiger partial charge is 0.343 e. The number of para-hydroxylation sites is 1. The molecule has 0 saturated heterocycles. The molecule has 0 fully saturated rings. The van der Waals surface area contributed by atoms with Gasteiger partial charge in [-0.15, -0.1) is 0 Å². The molecule has 0 aliphatic rings. The summed E-state index contributed by atoms with van der Waals surface area (Å²) in [4.78, 5) is 36.3. The Morgan fingerprint density at radius 1 is 0.939 bits per heavy atom. The van der Waals surface area contributed by atoms with Crippen LogP contribution in [0.15, 0.2) is 75.9 Å². The second-order valence-electron chi connectivity index (χ2n) is 6.85.